The van der Waals surface area contributed by atoms with Gasteiger partial charge in [0.15, 0.2) is 6.29 Å². The standard InChI is InChI=1S/C20H20N4O3/c25-14-17-11-16(19(26)23-8-4-7-18-21-9-10-22-18)13-24(20(17)27)12-15-5-2-1-3-6-15/h1-3,5-6,9-11,13-14H,4,7-8,12H2,(H,21,22)(H,23,26). The number of carbonyl (C=O) groups excluding carboxylic acids is 2. The summed E-state index contributed by atoms with van der Waals surface area (Å²) in [4.78, 5) is 43.2. The van der Waals surface area contributed by atoms with Gasteiger partial charge in [0.2, 0.25) is 0 Å². The van der Waals surface area contributed by atoms with Crippen molar-refractivity contribution < 1.29 is 9.59 Å². The molecule has 1 aromatic carbocycles. The number of nitrogens with zero attached hydrogens (tertiary/aromatic N) is 2. The molecule has 0 saturated carbocycles. The van der Waals surface area contributed by atoms with Gasteiger partial charge in [-0.05, 0) is 18.1 Å². The Bertz CT molecular complexity index is 963. The van der Waals surface area contributed by atoms with Crippen molar-refractivity contribution in [3.63, 3.8) is 0 Å². The number of benzene rings is 1. The number of nitrogens with one attached hydrogen (secondary N) is 2. The van der Waals surface area contributed by atoms with E-state index in [4.69, 9.17) is 0 Å². The number of aryl methyl sites for hydroxylation is 1. The molecule has 0 fully saturated rings. The maximum Gasteiger partial charge on any atom is 0.261 e. The first-order valence-electron chi connectivity index (χ1n) is 8.67. The van der Waals surface area contributed by atoms with Gasteiger partial charge in [0.1, 0.15) is 5.82 Å². The van der Waals surface area contributed by atoms with Crippen LogP contribution in [0, 0.1) is 0 Å². The topological polar surface area (TPSA) is 96.8 Å². The number of imidazole rings is 1. The first-order chi connectivity index (χ1) is 13.2. The first-order valence-corrected chi connectivity index (χ1v) is 8.67. The number of aldehydes is 1. The summed E-state index contributed by atoms with van der Waals surface area (Å²) in [5.41, 5.74) is 0.746. The molecule has 0 saturated heterocycles. The minimum Gasteiger partial charge on any atom is -0.352 e. The molecule has 0 atom stereocenters. The van der Waals surface area contributed by atoms with Crippen molar-refractivity contribution in [2.45, 2.75) is 19.4 Å². The predicted octanol–water partition coefficient (Wildman–Crippen LogP) is 1.79. The minimum absolute atomic E-state index is 0.0332. The molecule has 1 amide bonds. The Labute approximate surface area is 156 Å². The van der Waals surface area contributed by atoms with Gasteiger partial charge in [0, 0.05) is 31.6 Å². The highest BCUT2D eigenvalue weighted by atomic mass is 16.2. The molecule has 7 heteroatoms. The number of rotatable bonds is 8. The Morgan fingerprint density at radius 1 is 1.26 bits per heavy atom. The zero-order valence-corrected chi connectivity index (χ0v) is 14.7. The maximum atomic E-state index is 12.4. The van der Waals surface area contributed by atoms with Gasteiger partial charge in [0.05, 0.1) is 17.7 Å². The molecule has 27 heavy (non-hydrogen) atoms. The van der Waals surface area contributed by atoms with E-state index in [1.165, 1.54) is 16.8 Å². The van der Waals surface area contributed by atoms with Crippen molar-refractivity contribution >= 4 is 12.2 Å². The van der Waals surface area contributed by atoms with Crippen LogP contribution >= 0.6 is 0 Å². The number of carbonyl (C=O) groups is 2. The average molecular weight is 364 g/mol. The van der Waals surface area contributed by atoms with E-state index in [-0.39, 0.29) is 17.0 Å². The SMILES string of the molecule is O=Cc1cc(C(=O)NCCCc2ncc[nH]2)cn(Cc2ccccc2)c1=O. The summed E-state index contributed by atoms with van der Waals surface area (Å²) in [7, 11) is 0. The maximum absolute atomic E-state index is 12.4. The fraction of sp³-hybridized carbons (Fsp3) is 0.200. The molecule has 0 aliphatic carbocycles. The minimum atomic E-state index is -0.414. The second kappa shape index (κ2) is 8.75. The number of hydrogen-bond acceptors (Lipinski definition) is 4. The fourth-order valence-electron chi connectivity index (χ4n) is 2.76. The quantitative estimate of drug-likeness (QED) is 0.470. The lowest BCUT2D eigenvalue weighted by Gasteiger charge is -2.10. The third-order valence-corrected chi connectivity index (χ3v) is 4.13. The van der Waals surface area contributed by atoms with E-state index in [1.54, 1.807) is 12.4 Å². The van der Waals surface area contributed by atoms with Crippen LogP contribution in [-0.4, -0.2) is 33.3 Å². The van der Waals surface area contributed by atoms with E-state index in [0.717, 1.165) is 24.2 Å². The number of aromatic amines is 1. The molecule has 0 radical (unpaired) electrons. The first kappa shape index (κ1) is 18.3. The Morgan fingerprint density at radius 3 is 2.78 bits per heavy atom. The van der Waals surface area contributed by atoms with E-state index in [9.17, 15) is 14.4 Å². The fourth-order valence-corrected chi connectivity index (χ4v) is 2.76. The second-order valence-electron chi connectivity index (χ2n) is 6.12. The van der Waals surface area contributed by atoms with Gasteiger partial charge in [-0.25, -0.2) is 4.98 Å². The van der Waals surface area contributed by atoms with Crippen molar-refractivity contribution in [2.75, 3.05) is 6.54 Å². The highest BCUT2D eigenvalue weighted by Gasteiger charge is 2.12. The summed E-state index contributed by atoms with van der Waals surface area (Å²) in [5.74, 6) is 0.545. The van der Waals surface area contributed by atoms with Crippen LogP contribution in [0.5, 0.6) is 0 Å². The lowest BCUT2D eigenvalue weighted by Crippen LogP contribution is -2.30. The lowest BCUT2D eigenvalue weighted by molar-refractivity contribution is 0.0952. The predicted molar refractivity (Wildman–Crippen MR) is 101 cm³/mol. The molecule has 2 aromatic heterocycles. The highest BCUT2D eigenvalue weighted by Crippen LogP contribution is 2.05. The molecule has 0 spiro atoms. The third-order valence-electron chi connectivity index (χ3n) is 4.13. The molecule has 3 rings (SSSR count). The largest absolute Gasteiger partial charge is 0.352 e. The molecule has 138 valence electrons. The zero-order chi connectivity index (χ0) is 19.1. The summed E-state index contributed by atoms with van der Waals surface area (Å²) in [6, 6.07) is 10.7. The smallest absolute Gasteiger partial charge is 0.261 e. The molecular formula is C20H20N4O3. The van der Waals surface area contributed by atoms with Crippen LogP contribution in [0.15, 0.2) is 59.8 Å². The highest BCUT2D eigenvalue weighted by molar-refractivity contribution is 5.95. The van der Waals surface area contributed by atoms with Gasteiger partial charge in [0.25, 0.3) is 11.5 Å². The summed E-state index contributed by atoms with van der Waals surface area (Å²) in [6.07, 6.45) is 6.86. The van der Waals surface area contributed by atoms with Crippen molar-refractivity contribution in [1.29, 1.82) is 0 Å². The van der Waals surface area contributed by atoms with Crippen LogP contribution in [0.2, 0.25) is 0 Å². The molecule has 0 aliphatic rings. The Morgan fingerprint density at radius 2 is 2.07 bits per heavy atom. The van der Waals surface area contributed by atoms with Crippen LogP contribution in [0.3, 0.4) is 0 Å². The summed E-state index contributed by atoms with van der Waals surface area (Å²) >= 11 is 0. The van der Waals surface area contributed by atoms with Gasteiger partial charge in [-0.15, -0.1) is 0 Å². The van der Waals surface area contributed by atoms with Gasteiger partial charge in [-0.1, -0.05) is 30.3 Å². The van der Waals surface area contributed by atoms with Gasteiger partial charge in [-0.2, -0.15) is 0 Å². The molecule has 2 N–H and O–H groups in total. The number of pyridine rings is 1. The van der Waals surface area contributed by atoms with E-state index < -0.39 is 5.56 Å². The molecule has 3 aromatic rings. The van der Waals surface area contributed by atoms with E-state index >= 15 is 0 Å². The van der Waals surface area contributed by atoms with Gasteiger partial charge >= 0.3 is 0 Å². The molecule has 0 unspecified atom stereocenters. The van der Waals surface area contributed by atoms with Crippen LogP contribution in [-0.2, 0) is 13.0 Å². The van der Waals surface area contributed by atoms with Crippen LogP contribution in [0.1, 0.15) is 38.5 Å². The average Bonchev–Trinajstić information content (AvgIpc) is 3.21. The Hall–Kier alpha value is -3.48. The Balaban J connectivity index is 1.70. The summed E-state index contributed by atoms with van der Waals surface area (Å²) in [6.45, 7) is 0.758. The normalized spacial score (nSPS) is 10.5. The number of amides is 1. The van der Waals surface area contributed by atoms with E-state index in [1.807, 2.05) is 30.3 Å². The van der Waals surface area contributed by atoms with Crippen LogP contribution < -0.4 is 10.9 Å². The monoisotopic (exact) mass is 364 g/mol. The van der Waals surface area contributed by atoms with Crippen molar-refractivity contribution in [1.82, 2.24) is 19.9 Å². The summed E-state index contributed by atoms with van der Waals surface area (Å²) in [5, 5.41) is 2.81. The Kier molecular flexibility index (Phi) is 5.94. The second-order valence-corrected chi connectivity index (χ2v) is 6.12. The third kappa shape index (κ3) is 4.78. The molecule has 7 nitrogen and oxygen atoms in total. The van der Waals surface area contributed by atoms with Crippen molar-refractivity contribution in [3.05, 3.63) is 87.9 Å². The van der Waals surface area contributed by atoms with E-state index in [0.29, 0.717) is 19.4 Å². The van der Waals surface area contributed by atoms with Crippen LogP contribution in [0.25, 0.3) is 0 Å². The molecule has 0 aliphatic heterocycles. The van der Waals surface area contributed by atoms with Crippen molar-refractivity contribution in [3.8, 4) is 0 Å². The summed E-state index contributed by atoms with van der Waals surface area (Å²) < 4.78 is 1.39. The van der Waals surface area contributed by atoms with Gasteiger partial charge < -0.3 is 14.9 Å². The number of hydrogen-bond donors (Lipinski definition) is 2. The molecule has 2 heterocycles. The van der Waals surface area contributed by atoms with E-state index in [2.05, 4.69) is 15.3 Å². The molecular weight excluding hydrogens is 344 g/mol. The number of H-pyrrole nitrogens is 1. The zero-order valence-electron chi connectivity index (χ0n) is 14.7. The van der Waals surface area contributed by atoms with Crippen molar-refractivity contribution in [2.24, 2.45) is 0 Å². The molecule has 0 bridgehead atoms. The van der Waals surface area contributed by atoms with Crippen LogP contribution in [0.4, 0.5) is 0 Å². The van der Waals surface area contributed by atoms with Gasteiger partial charge in [-0.3, -0.25) is 14.4 Å². The lowest BCUT2D eigenvalue weighted by atomic mass is 10.1. The number of aromatic nitrogens is 3.